The lowest BCUT2D eigenvalue weighted by atomic mass is 10.0. The number of carbonyl (C=O) groups excluding carboxylic acids is 1. The maximum atomic E-state index is 12.8. The largest absolute Gasteiger partial charge is 0.507 e. The third-order valence-electron chi connectivity index (χ3n) is 5.05. The Labute approximate surface area is 164 Å². The predicted molar refractivity (Wildman–Crippen MR) is 106 cm³/mol. The molecule has 1 aliphatic heterocycles. The number of ether oxygens (including phenoxy) is 3. The number of aromatic hydroxyl groups is 1. The van der Waals surface area contributed by atoms with Crippen LogP contribution in [0.4, 0.5) is 0 Å². The number of benzene rings is 2. The van der Waals surface area contributed by atoms with Crippen LogP contribution in [0.3, 0.4) is 0 Å². The van der Waals surface area contributed by atoms with Gasteiger partial charge >= 0.3 is 0 Å². The second-order valence-corrected chi connectivity index (χ2v) is 6.63. The summed E-state index contributed by atoms with van der Waals surface area (Å²) in [5.41, 5.74) is 1.90. The second-order valence-electron chi connectivity index (χ2n) is 6.63. The van der Waals surface area contributed by atoms with Crippen LogP contribution in [-0.4, -0.2) is 38.2 Å². The summed E-state index contributed by atoms with van der Waals surface area (Å²) < 4.78 is 16.5. The number of methoxy groups -OCH3 is 2. The molecule has 1 aliphatic rings. The molecule has 6 nitrogen and oxygen atoms in total. The molecule has 0 atom stereocenters. The summed E-state index contributed by atoms with van der Waals surface area (Å²) in [5.74, 6) is 1.82. The van der Waals surface area contributed by atoms with Crippen molar-refractivity contribution in [2.24, 2.45) is 0 Å². The first-order valence-electron chi connectivity index (χ1n) is 9.37. The average Bonchev–Trinajstić information content (AvgIpc) is 3.03. The summed E-state index contributed by atoms with van der Waals surface area (Å²) in [7, 11) is 3.13. The fraction of sp³-hybridized carbons (Fsp3) is 0.318. The summed E-state index contributed by atoms with van der Waals surface area (Å²) in [6.07, 6.45) is 1.68. The number of phenolic OH excluding ortho intramolecular Hbond substituents is 1. The van der Waals surface area contributed by atoms with E-state index in [1.807, 2.05) is 6.07 Å². The van der Waals surface area contributed by atoms with E-state index in [-0.39, 0.29) is 17.3 Å². The van der Waals surface area contributed by atoms with Gasteiger partial charge in [0.15, 0.2) is 23.0 Å². The third kappa shape index (κ3) is 3.68. The van der Waals surface area contributed by atoms with Crippen molar-refractivity contribution in [2.75, 3.05) is 27.3 Å². The Morgan fingerprint density at radius 2 is 1.79 bits per heavy atom. The summed E-state index contributed by atoms with van der Waals surface area (Å²) in [6.45, 7) is 6.61. The first kappa shape index (κ1) is 19.8. The van der Waals surface area contributed by atoms with Crippen molar-refractivity contribution in [3.05, 3.63) is 52.8 Å². The zero-order valence-electron chi connectivity index (χ0n) is 16.7. The van der Waals surface area contributed by atoms with Crippen LogP contribution in [0, 0.1) is 0 Å². The van der Waals surface area contributed by atoms with E-state index in [2.05, 4.69) is 13.8 Å². The highest BCUT2D eigenvalue weighted by Crippen LogP contribution is 2.39. The molecule has 0 fully saturated rings. The monoisotopic (exact) mass is 384 g/mol. The standard InChI is InChI=1S/C22H25NO5/c1-5-23(6-2)13-16-17(24)9-8-15-21(25)20(28-22(15)16)12-14-7-10-18(26-3)19(11-14)27-4/h7-12,24H,5-6,13H2,1-4H3/p+1. The maximum Gasteiger partial charge on any atom is 0.231 e. The van der Waals surface area contributed by atoms with Crippen LogP contribution in [0.15, 0.2) is 36.1 Å². The lowest BCUT2D eigenvalue weighted by Crippen LogP contribution is -3.10. The highest BCUT2D eigenvalue weighted by molar-refractivity contribution is 6.15. The van der Waals surface area contributed by atoms with E-state index in [0.717, 1.165) is 18.7 Å². The average molecular weight is 384 g/mol. The minimum atomic E-state index is -0.194. The number of fused-ring (bicyclic) bond motifs is 1. The Balaban J connectivity index is 1.96. The number of nitrogens with one attached hydrogen (secondary N) is 1. The van der Waals surface area contributed by atoms with Gasteiger partial charge in [-0.2, -0.15) is 0 Å². The van der Waals surface area contributed by atoms with Gasteiger partial charge in [0.25, 0.3) is 0 Å². The predicted octanol–water partition coefficient (Wildman–Crippen LogP) is 2.45. The number of ketones is 1. The van der Waals surface area contributed by atoms with Crippen LogP contribution in [0.2, 0.25) is 0 Å². The molecule has 3 rings (SSSR count). The highest BCUT2D eigenvalue weighted by atomic mass is 16.5. The molecule has 0 saturated heterocycles. The Morgan fingerprint density at radius 1 is 1.07 bits per heavy atom. The number of hydrogen-bond acceptors (Lipinski definition) is 5. The van der Waals surface area contributed by atoms with Crippen molar-refractivity contribution >= 4 is 11.9 Å². The molecule has 2 aromatic rings. The number of rotatable bonds is 7. The Hall–Kier alpha value is -2.99. The van der Waals surface area contributed by atoms with Gasteiger partial charge in [-0.05, 0) is 49.8 Å². The minimum Gasteiger partial charge on any atom is -0.507 e. The number of phenols is 1. The quantitative estimate of drug-likeness (QED) is 0.718. The van der Waals surface area contributed by atoms with Crippen molar-refractivity contribution in [2.45, 2.75) is 20.4 Å². The van der Waals surface area contributed by atoms with Gasteiger partial charge in [-0.15, -0.1) is 0 Å². The first-order valence-corrected chi connectivity index (χ1v) is 9.37. The molecule has 0 saturated carbocycles. The lowest BCUT2D eigenvalue weighted by molar-refractivity contribution is -0.910. The maximum absolute atomic E-state index is 12.8. The van der Waals surface area contributed by atoms with Gasteiger partial charge < -0.3 is 24.2 Å². The minimum absolute atomic E-state index is 0.151. The molecule has 28 heavy (non-hydrogen) atoms. The third-order valence-corrected chi connectivity index (χ3v) is 5.05. The van der Waals surface area contributed by atoms with Crippen LogP contribution in [-0.2, 0) is 6.54 Å². The fourth-order valence-electron chi connectivity index (χ4n) is 3.31. The Morgan fingerprint density at radius 3 is 2.43 bits per heavy atom. The molecule has 0 spiro atoms. The van der Waals surface area contributed by atoms with Crippen molar-refractivity contribution in [3.8, 4) is 23.0 Å². The number of Topliss-reactive ketones (excluding diaryl/α,β-unsaturated/α-hetero) is 1. The van der Waals surface area contributed by atoms with E-state index < -0.39 is 0 Å². The van der Waals surface area contributed by atoms with Gasteiger partial charge in [0.05, 0.1) is 38.4 Å². The molecule has 1 heterocycles. The summed E-state index contributed by atoms with van der Waals surface area (Å²) >= 11 is 0. The van der Waals surface area contributed by atoms with Crippen molar-refractivity contribution in [1.29, 1.82) is 0 Å². The summed E-state index contributed by atoms with van der Waals surface area (Å²) in [5, 5.41) is 10.3. The first-order chi connectivity index (χ1) is 13.5. The zero-order valence-corrected chi connectivity index (χ0v) is 16.7. The van der Waals surface area contributed by atoms with Gasteiger partial charge in [-0.1, -0.05) is 6.07 Å². The summed E-state index contributed by atoms with van der Waals surface area (Å²) in [6, 6.07) is 8.57. The van der Waals surface area contributed by atoms with E-state index >= 15 is 0 Å². The zero-order chi connectivity index (χ0) is 20.3. The van der Waals surface area contributed by atoms with Crippen molar-refractivity contribution in [1.82, 2.24) is 0 Å². The van der Waals surface area contributed by atoms with Crippen molar-refractivity contribution < 1.29 is 29.0 Å². The molecular formula is C22H26NO5+. The number of allylic oxidation sites excluding steroid dienone is 1. The molecule has 0 radical (unpaired) electrons. The van der Waals surface area contributed by atoms with Gasteiger partial charge in [0.2, 0.25) is 5.78 Å². The van der Waals surface area contributed by atoms with Gasteiger partial charge in [0, 0.05) is 0 Å². The van der Waals surface area contributed by atoms with Gasteiger partial charge in [-0.3, -0.25) is 4.79 Å². The SMILES string of the molecule is CC[NH+](CC)Cc1c(O)ccc2c1OC(=Cc1ccc(OC)c(OC)c1)C2=O. The van der Waals surface area contributed by atoms with Gasteiger partial charge in [0.1, 0.15) is 12.3 Å². The Bertz CT molecular complexity index is 915. The number of hydrogen-bond donors (Lipinski definition) is 2. The molecule has 0 amide bonds. The van der Waals surface area contributed by atoms with Crippen LogP contribution >= 0.6 is 0 Å². The highest BCUT2D eigenvalue weighted by Gasteiger charge is 2.32. The number of carbonyl (C=O) groups is 1. The van der Waals surface area contributed by atoms with Crippen LogP contribution in [0.1, 0.15) is 35.3 Å². The van der Waals surface area contributed by atoms with E-state index in [1.165, 1.54) is 4.90 Å². The molecule has 0 aromatic heterocycles. The molecular weight excluding hydrogens is 358 g/mol. The molecule has 148 valence electrons. The molecule has 0 unspecified atom stereocenters. The number of quaternary nitrogens is 1. The molecule has 0 aliphatic carbocycles. The van der Waals surface area contributed by atoms with Crippen molar-refractivity contribution in [3.63, 3.8) is 0 Å². The van der Waals surface area contributed by atoms with E-state index in [1.54, 1.807) is 44.6 Å². The van der Waals surface area contributed by atoms with E-state index in [9.17, 15) is 9.90 Å². The smallest absolute Gasteiger partial charge is 0.231 e. The molecule has 2 aromatic carbocycles. The molecule has 0 bridgehead atoms. The molecule has 6 heteroatoms. The van der Waals surface area contributed by atoms with Crippen LogP contribution < -0.4 is 19.1 Å². The summed E-state index contributed by atoms with van der Waals surface area (Å²) in [4.78, 5) is 14.1. The van der Waals surface area contributed by atoms with Crippen LogP contribution in [0.5, 0.6) is 23.0 Å². The fourth-order valence-corrected chi connectivity index (χ4v) is 3.31. The van der Waals surface area contributed by atoms with E-state index in [4.69, 9.17) is 14.2 Å². The van der Waals surface area contributed by atoms with Gasteiger partial charge in [-0.25, -0.2) is 0 Å². The normalized spacial score (nSPS) is 14.3. The lowest BCUT2D eigenvalue weighted by Gasteiger charge is -2.17. The molecule has 2 N–H and O–H groups in total. The van der Waals surface area contributed by atoms with E-state index in [0.29, 0.717) is 34.9 Å². The second kappa shape index (κ2) is 8.35. The Kier molecular flexibility index (Phi) is 5.90. The topological polar surface area (TPSA) is 69.4 Å². The van der Waals surface area contributed by atoms with Crippen LogP contribution in [0.25, 0.3) is 6.08 Å².